The van der Waals surface area contributed by atoms with E-state index in [1.165, 1.54) is 18.9 Å². The van der Waals surface area contributed by atoms with E-state index < -0.39 is 5.82 Å². The van der Waals surface area contributed by atoms with Gasteiger partial charge < -0.3 is 5.32 Å². The smallest absolute Gasteiger partial charge is 0.161 e. The number of nitrogens with zero attached hydrogens (tertiary/aromatic N) is 2. The van der Waals surface area contributed by atoms with Crippen LogP contribution in [0.3, 0.4) is 0 Å². The Morgan fingerprint density at radius 1 is 1.29 bits per heavy atom. The van der Waals surface area contributed by atoms with Crippen LogP contribution >= 0.6 is 11.6 Å². The minimum Gasteiger partial charge on any atom is -0.370 e. The van der Waals surface area contributed by atoms with E-state index in [1.54, 1.807) is 12.1 Å². The lowest BCUT2D eigenvalue weighted by molar-refractivity contribution is 0.628. The van der Waals surface area contributed by atoms with E-state index in [0.29, 0.717) is 17.3 Å². The second-order valence-electron chi connectivity index (χ2n) is 5.33. The average molecular weight is 306 g/mol. The SMILES string of the molecule is CCCNc1cc(C2CC2)nc(-c2ccc(Cl)c(F)c2)n1. The molecule has 0 unspecified atom stereocenters. The largest absolute Gasteiger partial charge is 0.370 e. The number of benzene rings is 1. The molecule has 1 saturated carbocycles. The predicted molar refractivity (Wildman–Crippen MR) is 83.2 cm³/mol. The summed E-state index contributed by atoms with van der Waals surface area (Å²) in [6, 6.07) is 6.68. The van der Waals surface area contributed by atoms with Crippen molar-refractivity contribution in [3.63, 3.8) is 0 Å². The topological polar surface area (TPSA) is 37.8 Å². The summed E-state index contributed by atoms with van der Waals surface area (Å²) in [5.74, 6) is 1.43. The molecule has 1 aliphatic carbocycles. The zero-order valence-corrected chi connectivity index (χ0v) is 12.6. The fourth-order valence-electron chi connectivity index (χ4n) is 2.16. The van der Waals surface area contributed by atoms with Gasteiger partial charge in [0.15, 0.2) is 5.82 Å². The standard InChI is InChI=1S/C16H17ClFN3/c1-2-7-19-15-9-14(10-3-4-10)20-16(21-15)11-5-6-12(17)13(18)8-11/h5-6,8-10H,2-4,7H2,1H3,(H,19,20,21). The van der Waals surface area contributed by atoms with Gasteiger partial charge in [0.25, 0.3) is 0 Å². The molecule has 5 heteroatoms. The summed E-state index contributed by atoms with van der Waals surface area (Å²) >= 11 is 5.73. The van der Waals surface area contributed by atoms with Crippen molar-refractivity contribution in [1.82, 2.24) is 9.97 Å². The van der Waals surface area contributed by atoms with Crippen LogP contribution < -0.4 is 5.32 Å². The van der Waals surface area contributed by atoms with Gasteiger partial charge in [-0.1, -0.05) is 18.5 Å². The van der Waals surface area contributed by atoms with Gasteiger partial charge in [-0.2, -0.15) is 0 Å². The molecule has 1 N–H and O–H groups in total. The lowest BCUT2D eigenvalue weighted by atomic mass is 10.2. The molecule has 2 aromatic rings. The Kier molecular flexibility index (Phi) is 4.06. The van der Waals surface area contributed by atoms with E-state index in [-0.39, 0.29) is 5.02 Å². The average Bonchev–Trinajstić information content (AvgIpc) is 3.32. The molecule has 3 rings (SSSR count). The number of nitrogens with one attached hydrogen (secondary N) is 1. The number of hydrogen-bond donors (Lipinski definition) is 1. The lowest BCUT2D eigenvalue weighted by Gasteiger charge is -2.09. The Labute approximate surface area is 128 Å². The zero-order chi connectivity index (χ0) is 14.8. The highest BCUT2D eigenvalue weighted by atomic mass is 35.5. The summed E-state index contributed by atoms with van der Waals surface area (Å²) in [4.78, 5) is 9.07. The summed E-state index contributed by atoms with van der Waals surface area (Å²) in [5, 5.41) is 3.40. The molecule has 3 nitrogen and oxygen atoms in total. The molecular formula is C16H17ClFN3. The van der Waals surface area contributed by atoms with Crippen molar-refractivity contribution in [3.05, 3.63) is 40.8 Å². The maximum Gasteiger partial charge on any atom is 0.161 e. The van der Waals surface area contributed by atoms with Crippen molar-refractivity contribution in [2.24, 2.45) is 0 Å². The first kappa shape index (κ1) is 14.3. The number of hydrogen-bond acceptors (Lipinski definition) is 3. The van der Waals surface area contributed by atoms with Crippen molar-refractivity contribution in [2.75, 3.05) is 11.9 Å². The molecule has 0 amide bonds. The highest BCUT2D eigenvalue weighted by molar-refractivity contribution is 6.30. The van der Waals surface area contributed by atoms with E-state index in [1.807, 2.05) is 6.07 Å². The summed E-state index contributed by atoms with van der Waals surface area (Å²) < 4.78 is 13.6. The molecule has 1 aromatic heterocycles. The molecule has 21 heavy (non-hydrogen) atoms. The van der Waals surface area contributed by atoms with Crippen LogP contribution in [-0.4, -0.2) is 16.5 Å². The van der Waals surface area contributed by atoms with E-state index in [4.69, 9.17) is 11.6 Å². The first-order valence-corrected chi connectivity index (χ1v) is 7.63. The van der Waals surface area contributed by atoms with Crippen LogP contribution in [0.5, 0.6) is 0 Å². The van der Waals surface area contributed by atoms with Crippen molar-refractivity contribution in [3.8, 4) is 11.4 Å². The quantitative estimate of drug-likeness (QED) is 0.874. The van der Waals surface area contributed by atoms with Gasteiger partial charge in [-0.05, 0) is 37.5 Å². The molecule has 0 spiro atoms. The van der Waals surface area contributed by atoms with Gasteiger partial charge >= 0.3 is 0 Å². The highest BCUT2D eigenvalue weighted by Gasteiger charge is 2.26. The van der Waals surface area contributed by atoms with Crippen molar-refractivity contribution in [2.45, 2.75) is 32.1 Å². The summed E-state index contributed by atoms with van der Waals surface area (Å²) in [7, 11) is 0. The van der Waals surface area contributed by atoms with Crippen molar-refractivity contribution in [1.29, 1.82) is 0 Å². The number of halogens is 2. The highest BCUT2D eigenvalue weighted by Crippen LogP contribution is 2.40. The van der Waals surface area contributed by atoms with Crippen LogP contribution in [0.25, 0.3) is 11.4 Å². The van der Waals surface area contributed by atoms with Crippen LogP contribution in [0.2, 0.25) is 5.02 Å². The zero-order valence-electron chi connectivity index (χ0n) is 11.9. The normalized spacial score (nSPS) is 14.2. The number of aromatic nitrogens is 2. The first-order valence-electron chi connectivity index (χ1n) is 7.25. The van der Waals surface area contributed by atoms with Crippen LogP contribution in [0.15, 0.2) is 24.3 Å². The molecule has 1 aliphatic rings. The maximum atomic E-state index is 13.6. The molecule has 1 fully saturated rings. The minimum absolute atomic E-state index is 0.112. The Hall–Kier alpha value is -1.68. The van der Waals surface area contributed by atoms with Crippen LogP contribution in [0.4, 0.5) is 10.2 Å². The van der Waals surface area contributed by atoms with Gasteiger partial charge in [0.1, 0.15) is 11.6 Å². The Bertz CT molecular complexity index is 656. The fraction of sp³-hybridized carbons (Fsp3) is 0.375. The fourth-order valence-corrected chi connectivity index (χ4v) is 2.28. The molecule has 1 heterocycles. The second-order valence-corrected chi connectivity index (χ2v) is 5.74. The Morgan fingerprint density at radius 2 is 2.10 bits per heavy atom. The van der Waals surface area contributed by atoms with Gasteiger partial charge in [0.05, 0.1) is 5.02 Å². The van der Waals surface area contributed by atoms with Crippen LogP contribution in [0, 0.1) is 5.82 Å². The van der Waals surface area contributed by atoms with E-state index in [9.17, 15) is 4.39 Å². The van der Waals surface area contributed by atoms with Crippen LogP contribution in [-0.2, 0) is 0 Å². The van der Waals surface area contributed by atoms with Crippen LogP contribution in [0.1, 0.15) is 37.8 Å². The van der Waals surface area contributed by atoms with Gasteiger partial charge in [0, 0.05) is 29.8 Å². The third kappa shape index (κ3) is 3.32. The number of rotatable bonds is 5. The third-order valence-corrected chi connectivity index (χ3v) is 3.78. The second kappa shape index (κ2) is 5.98. The van der Waals surface area contributed by atoms with Crippen molar-refractivity contribution >= 4 is 17.4 Å². The summed E-state index contributed by atoms with van der Waals surface area (Å²) in [6.45, 7) is 2.96. The number of anilines is 1. The molecule has 0 aliphatic heterocycles. The predicted octanol–water partition coefficient (Wildman–Crippen LogP) is 4.64. The van der Waals surface area contributed by atoms with Crippen molar-refractivity contribution < 1.29 is 4.39 Å². The first-order chi connectivity index (χ1) is 10.2. The molecule has 0 atom stereocenters. The third-order valence-electron chi connectivity index (χ3n) is 3.48. The molecular weight excluding hydrogens is 289 g/mol. The van der Waals surface area contributed by atoms with Gasteiger partial charge in [-0.3, -0.25) is 0 Å². The summed E-state index contributed by atoms with van der Waals surface area (Å²) in [5.41, 5.74) is 1.69. The minimum atomic E-state index is -0.447. The Morgan fingerprint density at radius 3 is 2.76 bits per heavy atom. The van der Waals surface area contributed by atoms with Gasteiger partial charge in [-0.25, -0.2) is 14.4 Å². The van der Waals surface area contributed by atoms with Gasteiger partial charge in [0.2, 0.25) is 0 Å². The molecule has 110 valence electrons. The van der Waals surface area contributed by atoms with Gasteiger partial charge in [-0.15, -0.1) is 0 Å². The molecule has 1 aromatic carbocycles. The lowest BCUT2D eigenvalue weighted by Crippen LogP contribution is -2.05. The van der Waals surface area contributed by atoms with E-state index in [0.717, 1.165) is 24.5 Å². The molecule has 0 saturated heterocycles. The maximum absolute atomic E-state index is 13.6. The van der Waals surface area contributed by atoms with E-state index in [2.05, 4.69) is 22.2 Å². The summed E-state index contributed by atoms with van der Waals surface area (Å²) in [6.07, 6.45) is 3.35. The van der Waals surface area contributed by atoms with E-state index >= 15 is 0 Å². The molecule has 0 radical (unpaired) electrons. The molecule has 0 bridgehead atoms. The Balaban J connectivity index is 1.99. The monoisotopic (exact) mass is 305 g/mol.